The van der Waals surface area contributed by atoms with Crippen LogP contribution in [0.2, 0.25) is 20.1 Å². The van der Waals surface area contributed by atoms with Crippen LogP contribution in [0.25, 0.3) is 0 Å². The molecule has 0 unspecified atom stereocenters. The highest BCUT2D eigenvalue weighted by Gasteiger charge is 2.53. The Balaban J connectivity index is 0.000000231. The first-order valence-electron chi connectivity index (χ1n) is 27.1. The van der Waals surface area contributed by atoms with Gasteiger partial charge in [-0.15, -0.1) is 13.2 Å². The summed E-state index contributed by atoms with van der Waals surface area (Å²) in [6.45, 7) is 21.2. The third-order valence-electron chi connectivity index (χ3n) is 15.0. The van der Waals surface area contributed by atoms with E-state index in [2.05, 4.69) is 27.0 Å². The SMILES string of the molecule is C=CC[C@@]1(C)O[C@H](c2cccc(Cl)c2)[C@@H](c2ccc(Cl)cc2)N([C@@H](CC)COCc2ccc(C)c(OC)c2)C1=O.C=CC[C@]1(C)O[C@H](c2cccc(Cl)c2)[C@@H](c2ccc(Cl)cc2)N([C@@H](CC)COCc2ccc(C)c(OC)c2)C1=O. The molecule has 2 aliphatic rings. The first-order valence-corrected chi connectivity index (χ1v) is 28.6. The maximum atomic E-state index is 14.3. The van der Waals surface area contributed by atoms with Crippen molar-refractivity contribution in [1.82, 2.24) is 9.80 Å². The lowest BCUT2D eigenvalue weighted by Crippen LogP contribution is -2.60. The maximum absolute atomic E-state index is 14.3. The number of nitrogens with zero attached hydrogens (tertiary/aromatic N) is 2. The van der Waals surface area contributed by atoms with Crippen LogP contribution in [0.3, 0.4) is 0 Å². The zero-order valence-electron chi connectivity index (χ0n) is 47.1. The lowest BCUT2D eigenvalue weighted by molar-refractivity contribution is -0.204. The molecule has 0 N–H and O–H groups in total. The van der Waals surface area contributed by atoms with Crippen molar-refractivity contribution >= 4 is 58.2 Å². The van der Waals surface area contributed by atoms with Gasteiger partial charge < -0.3 is 38.2 Å². The highest BCUT2D eigenvalue weighted by molar-refractivity contribution is 6.31. The van der Waals surface area contributed by atoms with E-state index in [9.17, 15) is 9.59 Å². The molecule has 0 bridgehead atoms. The van der Waals surface area contributed by atoms with Crippen molar-refractivity contribution in [1.29, 1.82) is 0 Å². The van der Waals surface area contributed by atoms with Crippen LogP contribution in [0.5, 0.6) is 11.5 Å². The van der Waals surface area contributed by atoms with Crippen LogP contribution in [0.4, 0.5) is 0 Å². The molecule has 0 radical (unpaired) electrons. The second-order valence-electron chi connectivity index (χ2n) is 20.8. The van der Waals surface area contributed by atoms with Crippen molar-refractivity contribution in [3.63, 3.8) is 0 Å². The number of benzene rings is 6. The Labute approximate surface area is 493 Å². The van der Waals surface area contributed by atoms with E-state index >= 15 is 0 Å². The largest absolute Gasteiger partial charge is 0.496 e. The Bertz CT molecular complexity index is 2860. The third-order valence-corrected chi connectivity index (χ3v) is 16.0. The van der Waals surface area contributed by atoms with Gasteiger partial charge in [0, 0.05) is 32.9 Å². The highest BCUT2D eigenvalue weighted by Crippen LogP contribution is 2.50. The average molecular weight is 1170 g/mol. The topological polar surface area (TPSA) is 96.0 Å². The van der Waals surface area contributed by atoms with Crippen LogP contribution in [0.15, 0.2) is 159 Å². The van der Waals surface area contributed by atoms with Crippen molar-refractivity contribution in [2.24, 2.45) is 0 Å². The van der Waals surface area contributed by atoms with Gasteiger partial charge in [0.1, 0.15) is 34.9 Å². The van der Waals surface area contributed by atoms with Crippen molar-refractivity contribution in [2.75, 3.05) is 27.4 Å². The molecule has 0 saturated carbocycles. The molecule has 2 heterocycles. The number of halogens is 4. The van der Waals surface area contributed by atoms with Gasteiger partial charge in [0.05, 0.1) is 64.8 Å². The van der Waals surface area contributed by atoms with Crippen molar-refractivity contribution in [3.8, 4) is 11.5 Å². The minimum atomic E-state index is -1.10. The van der Waals surface area contributed by atoms with E-state index in [1.807, 2.05) is 171 Å². The quantitative estimate of drug-likeness (QED) is 0.0620. The summed E-state index contributed by atoms with van der Waals surface area (Å²) >= 11 is 25.4. The Kier molecular flexibility index (Phi) is 22.0. The molecule has 2 fully saturated rings. The fraction of sp³-hybridized carbons (Fsp3) is 0.364. The summed E-state index contributed by atoms with van der Waals surface area (Å²) in [7, 11) is 3.33. The van der Waals surface area contributed by atoms with Crippen molar-refractivity contribution < 1.29 is 38.0 Å². The average Bonchev–Trinajstić information content (AvgIpc) is 3.52. The van der Waals surface area contributed by atoms with Crippen molar-refractivity contribution in [3.05, 3.63) is 223 Å². The molecular weight excluding hydrogens is 1090 g/mol. The Hall–Kier alpha value is -5.66. The second-order valence-corrected chi connectivity index (χ2v) is 22.6. The van der Waals surface area contributed by atoms with Crippen LogP contribution in [0.1, 0.15) is 122 Å². The predicted octanol–water partition coefficient (Wildman–Crippen LogP) is 16.6. The van der Waals surface area contributed by atoms with Gasteiger partial charge in [-0.3, -0.25) is 9.59 Å². The first-order chi connectivity index (χ1) is 38.4. The molecule has 2 saturated heterocycles. The Morgan fingerprint density at radius 3 is 1.24 bits per heavy atom. The molecule has 10 nitrogen and oxygen atoms in total. The number of hydrogen-bond donors (Lipinski definition) is 0. The first kappa shape index (κ1) is 61.9. The highest BCUT2D eigenvalue weighted by atomic mass is 35.5. The summed E-state index contributed by atoms with van der Waals surface area (Å²) < 4.78 is 36.8. The fourth-order valence-corrected chi connectivity index (χ4v) is 11.3. The van der Waals surface area contributed by atoms with E-state index in [0.29, 0.717) is 72.2 Å². The van der Waals surface area contributed by atoms with E-state index in [1.165, 1.54) is 0 Å². The lowest BCUT2D eigenvalue weighted by atomic mass is 9.86. The van der Waals surface area contributed by atoms with E-state index in [0.717, 1.165) is 56.0 Å². The van der Waals surface area contributed by atoms with Crippen LogP contribution >= 0.6 is 46.4 Å². The predicted molar refractivity (Wildman–Crippen MR) is 322 cm³/mol. The number of methoxy groups -OCH3 is 2. The van der Waals surface area contributed by atoms with Gasteiger partial charge in [-0.25, -0.2) is 0 Å². The lowest BCUT2D eigenvalue weighted by Gasteiger charge is -2.51. The zero-order chi connectivity index (χ0) is 57.7. The molecule has 6 aromatic rings. The normalized spacial score (nSPS) is 21.8. The minimum absolute atomic E-state index is 0.0990. The summed E-state index contributed by atoms with van der Waals surface area (Å²) in [5.41, 5.74) is 5.57. The van der Waals surface area contributed by atoms with E-state index in [-0.39, 0.29) is 23.9 Å². The Morgan fingerprint density at radius 2 is 0.912 bits per heavy atom. The summed E-state index contributed by atoms with van der Waals surface area (Å²) in [5, 5.41) is 2.46. The molecule has 8 rings (SSSR count). The smallest absolute Gasteiger partial charge is 0.255 e. The number of morpholine rings is 2. The summed E-state index contributed by atoms with van der Waals surface area (Å²) in [6.07, 6.45) is 4.64. The van der Waals surface area contributed by atoms with Crippen molar-refractivity contribution in [2.45, 2.75) is 128 Å². The number of hydrogen-bond acceptors (Lipinski definition) is 8. The van der Waals surface area contributed by atoms with Gasteiger partial charge in [-0.2, -0.15) is 0 Å². The molecule has 6 aromatic carbocycles. The standard InChI is InChI=1S/2C33H37Cl2NO4/c2*1-6-17-33(4)32(37)36(28(7-2)21-39-20-23-12-11-22(3)29(18-23)38-5)30(24-13-15-26(34)16-14-24)31(40-33)25-9-8-10-27(35)19-25/h2*6,8-16,18-19,28,30-31H,1,7,17,20-21H2,2-5H3/t28-,30+,31+,33+;28-,30+,31+,33-/m00/s1. The second kappa shape index (κ2) is 28.4. The van der Waals surface area contributed by atoms with Crippen LogP contribution < -0.4 is 9.47 Å². The van der Waals surface area contributed by atoms with E-state index in [4.69, 9.17) is 74.8 Å². The molecule has 424 valence electrons. The number of carbonyl (C=O) groups is 2. The number of ether oxygens (including phenoxy) is 6. The summed E-state index contributed by atoms with van der Waals surface area (Å²) in [6, 6.07) is 41.3. The van der Waals surface area contributed by atoms with Crippen LogP contribution in [0, 0.1) is 13.8 Å². The van der Waals surface area contributed by atoms with Gasteiger partial charge in [-0.05, 0) is 146 Å². The molecule has 0 aliphatic carbocycles. The molecular formula is C66H74Cl4N2O8. The number of rotatable bonds is 22. The molecule has 8 atom stereocenters. The third kappa shape index (κ3) is 14.7. The van der Waals surface area contributed by atoms with Gasteiger partial charge in [0.15, 0.2) is 0 Å². The molecule has 0 aromatic heterocycles. The Morgan fingerprint density at radius 1 is 0.537 bits per heavy atom. The minimum Gasteiger partial charge on any atom is -0.496 e. The monoisotopic (exact) mass is 1160 g/mol. The van der Waals surface area contributed by atoms with Gasteiger partial charge in [0.25, 0.3) is 11.8 Å². The molecule has 14 heteroatoms. The molecule has 2 aliphatic heterocycles. The van der Waals surface area contributed by atoms with Gasteiger partial charge in [-0.1, -0.05) is 145 Å². The number of aryl methyl sites for hydroxylation is 2. The zero-order valence-corrected chi connectivity index (χ0v) is 50.1. The van der Waals surface area contributed by atoms with Crippen LogP contribution in [-0.2, 0) is 41.8 Å². The molecule has 80 heavy (non-hydrogen) atoms. The van der Waals surface area contributed by atoms with Gasteiger partial charge >= 0.3 is 0 Å². The number of amides is 2. The van der Waals surface area contributed by atoms with Gasteiger partial charge in [0.2, 0.25) is 0 Å². The van der Waals surface area contributed by atoms with E-state index in [1.54, 1.807) is 26.4 Å². The molecule has 2 amide bonds. The molecule has 0 spiro atoms. The maximum Gasteiger partial charge on any atom is 0.255 e. The number of carbonyl (C=O) groups excluding carboxylic acids is 2. The van der Waals surface area contributed by atoms with Crippen LogP contribution in [-0.4, -0.2) is 72.3 Å². The fourth-order valence-electron chi connectivity index (χ4n) is 10.7. The summed E-state index contributed by atoms with van der Waals surface area (Å²) in [5.74, 6) is 1.45. The van der Waals surface area contributed by atoms with E-state index < -0.39 is 35.5 Å². The summed E-state index contributed by atoms with van der Waals surface area (Å²) in [4.78, 5) is 32.5.